The highest BCUT2D eigenvalue weighted by atomic mass is 32.1. The Morgan fingerprint density at radius 2 is 2.40 bits per heavy atom. The Kier molecular flexibility index (Phi) is 3.61. The van der Waals surface area contributed by atoms with Gasteiger partial charge in [-0.05, 0) is 30.6 Å². The smallest absolute Gasteiger partial charge is 0.230 e. The minimum absolute atomic E-state index is 0.107. The van der Waals surface area contributed by atoms with Gasteiger partial charge in [-0.25, -0.2) is 4.98 Å². The van der Waals surface area contributed by atoms with Gasteiger partial charge < -0.3 is 10.5 Å². The molecule has 0 radical (unpaired) electrons. The molecule has 1 aromatic rings. The van der Waals surface area contributed by atoms with E-state index >= 15 is 0 Å². The topological polar surface area (TPSA) is 65.2 Å². The summed E-state index contributed by atoms with van der Waals surface area (Å²) in [5.41, 5.74) is 8.94. The molecule has 1 aromatic heterocycles. The molecule has 3 rings (SSSR count). The summed E-state index contributed by atoms with van der Waals surface area (Å²) in [4.78, 5) is 16.7. The van der Waals surface area contributed by atoms with Gasteiger partial charge >= 0.3 is 0 Å². The average Bonchev–Trinajstić information content (AvgIpc) is 3.02. The summed E-state index contributed by atoms with van der Waals surface area (Å²) in [5, 5.41) is 1.96. The van der Waals surface area contributed by atoms with E-state index in [0.717, 1.165) is 37.0 Å². The van der Waals surface area contributed by atoms with Crippen LogP contribution < -0.4 is 5.73 Å². The van der Waals surface area contributed by atoms with Gasteiger partial charge in [0.15, 0.2) is 0 Å². The summed E-state index contributed by atoms with van der Waals surface area (Å²) in [6, 6.07) is 0. The second-order valence-electron chi connectivity index (χ2n) is 5.35. The van der Waals surface area contributed by atoms with Gasteiger partial charge in [0.25, 0.3) is 0 Å². The zero-order valence-electron chi connectivity index (χ0n) is 11.2. The Balaban J connectivity index is 2.07. The zero-order valence-corrected chi connectivity index (χ0v) is 12.1. The molecule has 2 N–H and O–H groups in total. The average molecular weight is 290 g/mol. The predicted octanol–water partition coefficient (Wildman–Crippen LogP) is 2.53. The number of hydrogen-bond acceptors (Lipinski definition) is 4. The number of carbonyl (C=O) groups excluding carboxylic acids is 1. The number of nitrogens with zero attached hydrogens (tertiary/aromatic N) is 1. The van der Waals surface area contributed by atoms with Crippen LogP contribution in [0, 0.1) is 5.92 Å². The molecule has 5 heteroatoms. The molecule has 2 atom stereocenters. The van der Waals surface area contributed by atoms with Gasteiger partial charge in [0, 0.05) is 11.3 Å². The monoisotopic (exact) mass is 290 g/mol. The third-order valence-corrected chi connectivity index (χ3v) is 5.00. The maximum atomic E-state index is 12.3. The molecule has 1 aliphatic heterocycles. The number of allylic oxidation sites excluding steroid dienone is 2. The molecule has 0 bridgehead atoms. The molecule has 0 spiro atoms. The van der Waals surface area contributed by atoms with E-state index in [1.54, 1.807) is 11.8 Å². The molecule has 1 aliphatic carbocycles. The van der Waals surface area contributed by atoms with Crippen LogP contribution in [0.1, 0.15) is 31.4 Å². The van der Waals surface area contributed by atoms with Crippen LogP contribution in [0.5, 0.6) is 0 Å². The van der Waals surface area contributed by atoms with Crippen LogP contribution in [0.25, 0.3) is 0 Å². The molecule has 1 amide bonds. The van der Waals surface area contributed by atoms with Gasteiger partial charge in [0.1, 0.15) is 6.61 Å². The predicted molar refractivity (Wildman–Crippen MR) is 78.1 cm³/mol. The van der Waals surface area contributed by atoms with Crippen molar-refractivity contribution in [3.8, 4) is 0 Å². The van der Waals surface area contributed by atoms with Gasteiger partial charge in [-0.1, -0.05) is 12.8 Å². The SMILES string of the molecule is NC(=O)C1(c2cscn2)CCCCC1C1=CCOC=C1. The normalized spacial score (nSPS) is 29.6. The summed E-state index contributed by atoms with van der Waals surface area (Å²) >= 11 is 1.52. The first-order valence-electron chi connectivity index (χ1n) is 6.92. The van der Waals surface area contributed by atoms with E-state index in [2.05, 4.69) is 11.1 Å². The molecule has 2 heterocycles. The number of amides is 1. The van der Waals surface area contributed by atoms with Crippen molar-refractivity contribution >= 4 is 17.2 Å². The highest BCUT2D eigenvalue weighted by Crippen LogP contribution is 2.47. The highest BCUT2D eigenvalue weighted by molar-refractivity contribution is 7.07. The fraction of sp³-hybridized carbons (Fsp3) is 0.467. The van der Waals surface area contributed by atoms with Gasteiger partial charge in [0.05, 0.1) is 22.9 Å². The lowest BCUT2D eigenvalue weighted by atomic mass is 9.61. The quantitative estimate of drug-likeness (QED) is 0.930. The maximum Gasteiger partial charge on any atom is 0.230 e. The van der Waals surface area contributed by atoms with Crippen molar-refractivity contribution in [2.45, 2.75) is 31.1 Å². The summed E-state index contributed by atoms with van der Waals surface area (Å²) in [6.45, 7) is 0.564. The second-order valence-corrected chi connectivity index (χ2v) is 6.07. The van der Waals surface area contributed by atoms with Crippen molar-refractivity contribution in [2.24, 2.45) is 11.7 Å². The molecular formula is C15H18N2O2S. The second kappa shape index (κ2) is 5.40. The molecule has 0 aromatic carbocycles. The minimum atomic E-state index is -0.661. The third kappa shape index (κ3) is 2.06. The lowest BCUT2D eigenvalue weighted by Crippen LogP contribution is -2.50. The first-order valence-corrected chi connectivity index (χ1v) is 7.86. The number of aromatic nitrogens is 1. The van der Waals surface area contributed by atoms with Crippen LogP contribution >= 0.6 is 11.3 Å². The van der Waals surface area contributed by atoms with Gasteiger partial charge in [-0.2, -0.15) is 0 Å². The number of rotatable bonds is 3. The van der Waals surface area contributed by atoms with Crippen molar-refractivity contribution in [3.05, 3.63) is 40.6 Å². The van der Waals surface area contributed by atoms with E-state index in [0.29, 0.717) is 6.61 Å². The zero-order chi connectivity index (χ0) is 14.0. The summed E-state index contributed by atoms with van der Waals surface area (Å²) in [6.07, 6.45) is 9.61. The number of nitrogens with two attached hydrogens (primary N) is 1. The van der Waals surface area contributed by atoms with Crippen molar-refractivity contribution in [1.82, 2.24) is 4.98 Å². The molecule has 1 fully saturated rings. The number of carbonyl (C=O) groups is 1. The van der Waals surface area contributed by atoms with E-state index < -0.39 is 5.41 Å². The molecular weight excluding hydrogens is 272 g/mol. The Hall–Kier alpha value is -1.62. The van der Waals surface area contributed by atoms with Crippen molar-refractivity contribution in [2.75, 3.05) is 6.61 Å². The van der Waals surface area contributed by atoms with Crippen LogP contribution in [-0.4, -0.2) is 17.5 Å². The first kappa shape index (κ1) is 13.4. The van der Waals surface area contributed by atoms with Crippen molar-refractivity contribution < 1.29 is 9.53 Å². The Bertz CT molecular complexity index is 550. The number of thiazole rings is 1. The highest BCUT2D eigenvalue weighted by Gasteiger charge is 2.49. The molecule has 2 unspecified atom stereocenters. The van der Waals surface area contributed by atoms with E-state index in [4.69, 9.17) is 10.5 Å². The molecule has 106 valence electrons. The van der Waals surface area contributed by atoms with Crippen LogP contribution in [0.15, 0.2) is 34.9 Å². The van der Waals surface area contributed by atoms with Crippen LogP contribution in [0.3, 0.4) is 0 Å². The molecule has 4 nitrogen and oxygen atoms in total. The molecule has 0 saturated heterocycles. The maximum absolute atomic E-state index is 12.3. The van der Waals surface area contributed by atoms with E-state index in [-0.39, 0.29) is 11.8 Å². The number of primary amides is 1. The lowest BCUT2D eigenvalue weighted by Gasteiger charge is -2.41. The van der Waals surface area contributed by atoms with Gasteiger partial charge in [-0.3, -0.25) is 4.79 Å². The fourth-order valence-electron chi connectivity index (χ4n) is 3.44. The van der Waals surface area contributed by atoms with E-state index in [1.165, 1.54) is 11.3 Å². The number of hydrogen-bond donors (Lipinski definition) is 1. The summed E-state index contributed by atoms with van der Waals surface area (Å²) < 4.78 is 5.22. The van der Waals surface area contributed by atoms with E-state index in [9.17, 15) is 4.79 Å². The summed E-state index contributed by atoms with van der Waals surface area (Å²) in [5.74, 6) is -0.148. The van der Waals surface area contributed by atoms with Gasteiger partial charge in [-0.15, -0.1) is 11.3 Å². The minimum Gasteiger partial charge on any atom is -0.497 e. The molecule has 2 aliphatic rings. The van der Waals surface area contributed by atoms with Crippen molar-refractivity contribution in [3.63, 3.8) is 0 Å². The molecule has 1 saturated carbocycles. The largest absolute Gasteiger partial charge is 0.497 e. The Morgan fingerprint density at radius 1 is 1.50 bits per heavy atom. The standard InChI is InChI=1S/C15H18N2O2S/c16-14(18)15(13-9-20-10-17-13)6-2-1-3-12(15)11-4-7-19-8-5-11/h4-5,7,9-10,12H,1-3,6,8H2,(H2,16,18). The van der Waals surface area contributed by atoms with E-state index in [1.807, 2.05) is 11.5 Å². The van der Waals surface area contributed by atoms with Crippen LogP contribution in [0.2, 0.25) is 0 Å². The lowest BCUT2D eigenvalue weighted by molar-refractivity contribution is -0.126. The third-order valence-electron chi connectivity index (χ3n) is 4.41. The Labute approximate surface area is 122 Å². The van der Waals surface area contributed by atoms with Crippen LogP contribution in [0.4, 0.5) is 0 Å². The van der Waals surface area contributed by atoms with Crippen LogP contribution in [-0.2, 0) is 14.9 Å². The van der Waals surface area contributed by atoms with Crippen molar-refractivity contribution in [1.29, 1.82) is 0 Å². The summed E-state index contributed by atoms with van der Waals surface area (Å²) in [7, 11) is 0. The Morgan fingerprint density at radius 3 is 3.05 bits per heavy atom. The number of ether oxygens (including phenoxy) is 1. The molecule has 20 heavy (non-hydrogen) atoms. The first-order chi connectivity index (χ1) is 9.75. The van der Waals surface area contributed by atoms with Gasteiger partial charge in [0.2, 0.25) is 5.91 Å². The fourth-order valence-corrected chi connectivity index (χ4v) is 4.07.